The van der Waals surface area contributed by atoms with Crippen LogP contribution in [-0.4, -0.2) is 24.8 Å². The molecule has 0 aromatic carbocycles. The second kappa shape index (κ2) is 2.84. The van der Waals surface area contributed by atoms with E-state index in [0.29, 0.717) is 5.84 Å². The minimum absolute atomic E-state index is 0.571. The van der Waals surface area contributed by atoms with Crippen LogP contribution in [-0.2, 0) is 0 Å². The third kappa shape index (κ3) is 1.36. The minimum Gasteiger partial charge on any atom is -0.363 e. The molecule has 1 aromatic heterocycles. The SMILES string of the molecule is CN(C)C(=N)c1ccsc1. The van der Waals surface area contributed by atoms with Gasteiger partial charge in [0.2, 0.25) is 0 Å². The lowest BCUT2D eigenvalue weighted by molar-refractivity contribution is 0.619. The van der Waals surface area contributed by atoms with Gasteiger partial charge in [0.05, 0.1) is 0 Å². The highest BCUT2D eigenvalue weighted by Gasteiger charge is 2.01. The van der Waals surface area contributed by atoms with Crippen LogP contribution in [0, 0.1) is 5.41 Å². The van der Waals surface area contributed by atoms with Crippen molar-refractivity contribution in [3.05, 3.63) is 22.4 Å². The van der Waals surface area contributed by atoms with Gasteiger partial charge in [-0.2, -0.15) is 11.3 Å². The van der Waals surface area contributed by atoms with E-state index in [4.69, 9.17) is 5.41 Å². The molecule has 0 fully saturated rings. The second-order valence-corrected chi connectivity index (χ2v) is 3.04. The van der Waals surface area contributed by atoms with E-state index in [1.807, 2.05) is 30.9 Å². The van der Waals surface area contributed by atoms with Gasteiger partial charge in [-0.05, 0) is 11.4 Å². The summed E-state index contributed by atoms with van der Waals surface area (Å²) in [6, 6.07) is 1.95. The van der Waals surface area contributed by atoms with Crippen molar-refractivity contribution in [3.63, 3.8) is 0 Å². The molecule has 0 aliphatic rings. The second-order valence-electron chi connectivity index (χ2n) is 2.26. The van der Waals surface area contributed by atoms with E-state index in [1.54, 1.807) is 16.2 Å². The zero-order chi connectivity index (χ0) is 7.56. The van der Waals surface area contributed by atoms with Crippen LogP contribution < -0.4 is 0 Å². The highest BCUT2D eigenvalue weighted by molar-refractivity contribution is 7.08. The fraction of sp³-hybridized carbons (Fsp3) is 0.286. The van der Waals surface area contributed by atoms with Crippen molar-refractivity contribution in [2.24, 2.45) is 0 Å². The summed E-state index contributed by atoms with van der Waals surface area (Å²) in [6.07, 6.45) is 0. The first-order valence-corrected chi connectivity index (χ1v) is 3.94. The number of amidine groups is 1. The maximum Gasteiger partial charge on any atom is 0.128 e. The monoisotopic (exact) mass is 154 g/mol. The van der Waals surface area contributed by atoms with Gasteiger partial charge in [-0.15, -0.1) is 0 Å². The Bertz CT molecular complexity index is 214. The Morgan fingerprint density at radius 1 is 1.60 bits per heavy atom. The molecule has 0 spiro atoms. The lowest BCUT2D eigenvalue weighted by atomic mass is 10.3. The number of nitrogens with one attached hydrogen (secondary N) is 1. The normalized spacial score (nSPS) is 9.40. The molecule has 1 aromatic rings. The van der Waals surface area contributed by atoms with Crippen molar-refractivity contribution in [1.29, 1.82) is 5.41 Å². The largest absolute Gasteiger partial charge is 0.363 e. The molecule has 1 heterocycles. The molecule has 0 bridgehead atoms. The number of nitrogens with zero attached hydrogens (tertiary/aromatic N) is 1. The standard InChI is InChI=1S/C7H10N2S/c1-9(2)7(8)6-3-4-10-5-6/h3-5,8H,1-2H3. The number of thiophene rings is 1. The highest BCUT2D eigenvalue weighted by atomic mass is 32.1. The molecule has 1 rings (SSSR count). The quantitative estimate of drug-likeness (QED) is 0.483. The first kappa shape index (κ1) is 7.28. The lowest BCUT2D eigenvalue weighted by Crippen LogP contribution is -2.20. The van der Waals surface area contributed by atoms with E-state index < -0.39 is 0 Å². The van der Waals surface area contributed by atoms with Crippen molar-refractivity contribution in [2.75, 3.05) is 14.1 Å². The van der Waals surface area contributed by atoms with E-state index in [-0.39, 0.29) is 0 Å². The zero-order valence-electron chi connectivity index (χ0n) is 6.09. The van der Waals surface area contributed by atoms with Gasteiger partial charge >= 0.3 is 0 Å². The average Bonchev–Trinajstić information content (AvgIpc) is 2.36. The Hall–Kier alpha value is -0.830. The molecule has 0 radical (unpaired) electrons. The topological polar surface area (TPSA) is 27.1 Å². The molecule has 3 heteroatoms. The van der Waals surface area contributed by atoms with Crippen LogP contribution in [0.25, 0.3) is 0 Å². The maximum atomic E-state index is 7.53. The molecule has 54 valence electrons. The van der Waals surface area contributed by atoms with Crippen molar-refractivity contribution < 1.29 is 0 Å². The molecule has 0 atom stereocenters. The summed E-state index contributed by atoms with van der Waals surface area (Å²) in [7, 11) is 3.75. The summed E-state index contributed by atoms with van der Waals surface area (Å²) in [4.78, 5) is 1.79. The molecular weight excluding hydrogens is 144 g/mol. The third-order valence-corrected chi connectivity index (χ3v) is 1.93. The van der Waals surface area contributed by atoms with Crippen LogP contribution in [0.3, 0.4) is 0 Å². The molecule has 0 saturated carbocycles. The van der Waals surface area contributed by atoms with E-state index >= 15 is 0 Å². The molecule has 0 saturated heterocycles. The summed E-state index contributed by atoms with van der Waals surface area (Å²) in [6.45, 7) is 0. The van der Waals surface area contributed by atoms with Gasteiger partial charge in [0.15, 0.2) is 0 Å². The molecule has 2 nitrogen and oxygen atoms in total. The predicted molar refractivity (Wildman–Crippen MR) is 44.8 cm³/mol. The Balaban J connectivity index is 2.78. The number of rotatable bonds is 1. The van der Waals surface area contributed by atoms with Crippen LogP contribution in [0.1, 0.15) is 5.56 Å². The van der Waals surface area contributed by atoms with Gasteiger partial charge in [0.25, 0.3) is 0 Å². The van der Waals surface area contributed by atoms with Crippen molar-refractivity contribution >= 4 is 17.2 Å². The molecule has 0 aliphatic heterocycles. The molecular formula is C7H10N2S. The van der Waals surface area contributed by atoms with Crippen LogP contribution in [0.5, 0.6) is 0 Å². The minimum atomic E-state index is 0.571. The molecule has 1 N–H and O–H groups in total. The zero-order valence-corrected chi connectivity index (χ0v) is 6.90. The summed E-state index contributed by atoms with van der Waals surface area (Å²) in [5.74, 6) is 0.571. The van der Waals surface area contributed by atoms with E-state index in [1.165, 1.54) is 0 Å². The molecule has 0 amide bonds. The van der Waals surface area contributed by atoms with Crippen LogP contribution in [0.4, 0.5) is 0 Å². The smallest absolute Gasteiger partial charge is 0.128 e. The highest BCUT2D eigenvalue weighted by Crippen LogP contribution is 2.06. The molecule has 0 aliphatic carbocycles. The summed E-state index contributed by atoms with van der Waals surface area (Å²) in [5.41, 5.74) is 0.995. The Morgan fingerprint density at radius 2 is 2.30 bits per heavy atom. The first-order chi connectivity index (χ1) is 4.72. The maximum absolute atomic E-state index is 7.53. The predicted octanol–water partition coefficient (Wildman–Crippen LogP) is 1.64. The fourth-order valence-electron chi connectivity index (χ4n) is 0.657. The molecule has 0 unspecified atom stereocenters. The first-order valence-electron chi connectivity index (χ1n) is 3.00. The van der Waals surface area contributed by atoms with Gasteiger partial charge in [0.1, 0.15) is 5.84 Å². The van der Waals surface area contributed by atoms with Crippen LogP contribution >= 0.6 is 11.3 Å². The average molecular weight is 154 g/mol. The molecule has 10 heavy (non-hydrogen) atoms. The van der Waals surface area contributed by atoms with E-state index in [2.05, 4.69) is 0 Å². The number of hydrogen-bond donors (Lipinski definition) is 1. The van der Waals surface area contributed by atoms with Gasteiger partial charge < -0.3 is 4.90 Å². The Kier molecular flexibility index (Phi) is 2.06. The summed E-state index contributed by atoms with van der Waals surface area (Å²) < 4.78 is 0. The van der Waals surface area contributed by atoms with Gasteiger partial charge in [-0.25, -0.2) is 0 Å². The fourth-order valence-corrected chi connectivity index (χ4v) is 1.30. The number of hydrogen-bond acceptors (Lipinski definition) is 2. The van der Waals surface area contributed by atoms with Crippen LogP contribution in [0.15, 0.2) is 16.8 Å². The van der Waals surface area contributed by atoms with Crippen LogP contribution in [0.2, 0.25) is 0 Å². The summed E-state index contributed by atoms with van der Waals surface area (Å²) in [5, 5.41) is 11.5. The van der Waals surface area contributed by atoms with Gasteiger partial charge in [-0.1, -0.05) is 0 Å². The van der Waals surface area contributed by atoms with Crippen molar-refractivity contribution in [3.8, 4) is 0 Å². The van der Waals surface area contributed by atoms with Crippen molar-refractivity contribution in [1.82, 2.24) is 4.90 Å². The van der Waals surface area contributed by atoms with Gasteiger partial charge in [-0.3, -0.25) is 5.41 Å². The van der Waals surface area contributed by atoms with Crippen molar-refractivity contribution in [2.45, 2.75) is 0 Å². The van der Waals surface area contributed by atoms with E-state index in [9.17, 15) is 0 Å². The lowest BCUT2D eigenvalue weighted by Gasteiger charge is -2.11. The Labute approximate surface area is 64.6 Å². The van der Waals surface area contributed by atoms with Gasteiger partial charge in [0, 0.05) is 25.0 Å². The third-order valence-electron chi connectivity index (χ3n) is 1.24. The summed E-state index contributed by atoms with van der Waals surface area (Å²) >= 11 is 1.62. The van der Waals surface area contributed by atoms with E-state index in [0.717, 1.165) is 5.56 Å². The Morgan fingerprint density at radius 3 is 2.70 bits per heavy atom.